The molecule has 1 heterocycles. The smallest absolute Gasteiger partial charge is 0.127 e. The number of nitrogens with zero attached hydrogens (tertiary/aromatic N) is 1. The molecule has 0 aliphatic heterocycles. The van der Waals surface area contributed by atoms with Gasteiger partial charge in [-0.3, -0.25) is 0 Å². The Morgan fingerprint density at radius 2 is 2.09 bits per heavy atom. The lowest BCUT2D eigenvalue weighted by Crippen LogP contribution is -1.77. The number of rotatable bonds is 1. The van der Waals surface area contributed by atoms with E-state index in [1.165, 1.54) is 18.4 Å². The third kappa shape index (κ3) is 1.82. The Morgan fingerprint density at radius 1 is 1.45 bits per heavy atom. The maximum absolute atomic E-state index is 4.80. The van der Waals surface area contributed by atoms with E-state index in [0.717, 1.165) is 11.6 Å². The third-order valence-corrected chi connectivity index (χ3v) is 1.80. The zero-order valence-corrected chi connectivity index (χ0v) is 7.42. The standard InChI is InChI=1S/C7H9NO.C2H6/c1-5-7(4-9-8-5)6-2-3-6;1-2/h4,6H,2-3H2,1H3;1-2H3. The van der Waals surface area contributed by atoms with Crippen molar-refractivity contribution in [2.75, 3.05) is 0 Å². The predicted octanol–water partition coefficient (Wildman–Crippen LogP) is 2.89. The Balaban J connectivity index is 0.000000281. The van der Waals surface area contributed by atoms with Crippen LogP contribution in [0.25, 0.3) is 0 Å². The molecule has 2 nitrogen and oxygen atoms in total. The van der Waals surface area contributed by atoms with Crippen molar-refractivity contribution < 1.29 is 4.52 Å². The van der Waals surface area contributed by atoms with Gasteiger partial charge in [0.2, 0.25) is 0 Å². The molecule has 62 valence electrons. The highest BCUT2D eigenvalue weighted by molar-refractivity contribution is 5.22. The van der Waals surface area contributed by atoms with E-state index in [0.29, 0.717) is 0 Å². The van der Waals surface area contributed by atoms with Gasteiger partial charge in [-0.2, -0.15) is 0 Å². The summed E-state index contributed by atoms with van der Waals surface area (Å²) in [5, 5.41) is 3.80. The number of hydrogen-bond donors (Lipinski definition) is 0. The molecule has 2 heteroatoms. The fraction of sp³-hybridized carbons (Fsp3) is 0.667. The summed E-state index contributed by atoms with van der Waals surface area (Å²) in [5.74, 6) is 0.774. The first-order chi connectivity index (χ1) is 5.38. The van der Waals surface area contributed by atoms with Crippen molar-refractivity contribution >= 4 is 0 Å². The van der Waals surface area contributed by atoms with Gasteiger partial charge in [-0.15, -0.1) is 0 Å². The second-order valence-electron chi connectivity index (χ2n) is 2.63. The number of hydrogen-bond acceptors (Lipinski definition) is 2. The van der Waals surface area contributed by atoms with Gasteiger partial charge >= 0.3 is 0 Å². The predicted molar refractivity (Wildman–Crippen MR) is 44.6 cm³/mol. The zero-order valence-electron chi connectivity index (χ0n) is 7.42. The van der Waals surface area contributed by atoms with Gasteiger partial charge in [-0.1, -0.05) is 19.0 Å². The minimum absolute atomic E-state index is 0.774. The van der Waals surface area contributed by atoms with Crippen molar-refractivity contribution in [1.29, 1.82) is 0 Å². The van der Waals surface area contributed by atoms with Gasteiger partial charge in [-0.25, -0.2) is 0 Å². The average molecular weight is 153 g/mol. The van der Waals surface area contributed by atoms with E-state index in [1.807, 2.05) is 20.8 Å². The summed E-state index contributed by atoms with van der Waals surface area (Å²) in [6.07, 6.45) is 4.41. The molecule has 1 aromatic rings. The van der Waals surface area contributed by atoms with Crippen LogP contribution >= 0.6 is 0 Å². The molecule has 0 amide bonds. The molecule has 1 aliphatic carbocycles. The van der Waals surface area contributed by atoms with Gasteiger partial charge in [0.15, 0.2) is 0 Å². The average Bonchev–Trinajstić information content (AvgIpc) is 2.80. The van der Waals surface area contributed by atoms with Crippen LogP contribution in [-0.2, 0) is 0 Å². The molecule has 1 fully saturated rings. The molecule has 0 bridgehead atoms. The summed E-state index contributed by atoms with van der Waals surface area (Å²) >= 11 is 0. The number of aromatic nitrogens is 1. The van der Waals surface area contributed by atoms with Crippen LogP contribution in [0.15, 0.2) is 10.8 Å². The van der Waals surface area contributed by atoms with Crippen LogP contribution in [0.3, 0.4) is 0 Å². The van der Waals surface area contributed by atoms with E-state index in [9.17, 15) is 0 Å². The Kier molecular flexibility index (Phi) is 2.69. The SMILES string of the molecule is CC.Cc1nocc1C1CC1. The molecular weight excluding hydrogens is 138 g/mol. The largest absolute Gasteiger partial charge is 0.364 e. The molecule has 0 aromatic carbocycles. The Hall–Kier alpha value is -0.790. The van der Waals surface area contributed by atoms with Crippen LogP contribution in [0, 0.1) is 6.92 Å². The van der Waals surface area contributed by atoms with Crippen LogP contribution in [0.2, 0.25) is 0 Å². The van der Waals surface area contributed by atoms with E-state index in [2.05, 4.69) is 5.16 Å². The highest BCUT2D eigenvalue weighted by atomic mass is 16.5. The molecular formula is C9H15NO. The summed E-state index contributed by atoms with van der Waals surface area (Å²) in [4.78, 5) is 0. The van der Waals surface area contributed by atoms with Crippen molar-refractivity contribution in [1.82, 2.24) is 5.16 Å². The third-order valence-electron chi connectivity index (χ3n) is 1.80. The lowest BCUT2D eigenvalue weighted by atomic mass is 10.2. The Bertz CT molecular complexity index is 213. The summed E-state index contributed by atoms with van der Waals surface area (Å²) < 4.78 is 4.80. The summed E-state index contributed by atoms with van der Waals surface area (Å²) in [6.45, 7) is 6.00. The Labute approximate surface area is 67.6 Å². The van der Waals surface area contributed by atoms with Crippen LogP contribution < -0.4 is 0 Å². The van der Waals surface area contributed by atoms with Crippen LogP contribution in [0.1, 0.15) is 43.9 Å². The van der Waals surface area contributed by atoms with Crippen molar-refractivity contribution in [3.05, 3.63) is 17.5 Å². The molecule has 2 rings (SSSR count). The van der Waals surface area contributed by atoms with Gasteiger partial charge < -0.3 is 4.52 Å². The van der Waals surface area contributed by atoms with Crippen molar-refractivity contribution in [2.45, 2.75) is 39.5 Å². The topological polar surface area (TPSA) is 26.0 Å². The summed E-state index contributed by atoms with van der Waals surface area (Å²) in [7, 11) is 0. The lowest BCUT2D eigenvalue weighted by Gasteiger charge is -1.86. The maximum atomic E-state index is 4.80. The van der Waals surface area contributed by atoms with Crippen molar-refractivity contribution in [2.24, 2.45) is 0 Å². The quantitative estimate of drug-likeness (QED) is 0.620. The van der Waals surface area contributed by atoms with E-state index in [1.54, 1.807) is 6.26 Å². The highest BCUT2D eigenvalue weighted by Crippen LogP contribution is 2.41. The van der Waals surface area contributed by atoms with Gasteiger partial charge in [0.1, 0.15) is 6.26 Å². The van der Waals surface area contributed by atoms with Crippen LogP contribution in [0.4, 0.5) is 0 Å². The molecule has 1 aliphatic rings. The molecule has 0 saturated heterocycles. The molecule has 0 spiro atoms. The first kappa shape index (κ1) is 8.31. The van der Waals surface area contributed by atoms with Gasteiger partial charge in [0.25, 0.3) is 0 Å². The van der Waals surface area contributed by atoms with Gasteiger partial charge in [-0.05, 0) is 25.7 Å². The highest BCUT2D eigenvalue weighted by Gasteiger charge is 2.26. The first-order valence-corrected chi connectivity index (χ1v) is 4.29. The van der Waals surface area contributed by atoms with Crippen molar-refractivity contribution in [3.8, 4) is 0 Å². The van der Waals surface area contributed by atoms with Crippen LogP contribution in [-0.4, -0.2) is 5.16 Å². The van der Waals surface area contributed by atoms with E-state index in [-0.39, 0.29) is 0 Å². The summed E-state index contributed by atoms with van der Waals surface area (Å²) in [5.41, 5.74) is 2.38. The normalized spacial score (nSPS) is 15.5. The molecule has 0 N–H and O–H groups in total. The molecule has 1 aromatic heterocycles. The van der Waals surface area contributed by atoms with E-state index < -0.39 is 0 Å². The molecule has 0 radical (unpaired) electrons. The zero-order chi connectivity index (χ0) is 8.27. The van der Waals surface area contributed by atoms with E-state index >= 15 is 0 Å². The monoisotopic (exact) mass is 153 g/mol. The molecule has 1 saturated carbocycles. The van der Waals surface area contributed by atoms with Gasteiger partial charge in [0.05, 0.1) is 5.69 Å². The minimum Gasteiger partial charge on any atom is -0.364 e. The lowest BCUT2D eigenvalue weighted by molar-refractivity contribution is 0.414. The second kappa shape index (κ2) is 3.56. The molecule has 11 heavy (non-hydrogen) atoms. The van der Waals surface area contributed by atoms with Crippen LogP contribution in [0.5, 0.6) is 0 Å². The van der Waals surface area contributed by atoms with E-state index in [4.69, 9.17) is 4.52 Å². The maximum Gasteiger partial charge on any atom is 0.127 e. The summed E-state index contributed by atoms with van der Waals surface area (Å²) in [6, 6.07) is 0. The van der Waals surface area contributed by atoms with Crippen molar-refractivity contribution in [3.63, 3.8) is 0 Å². The fourth-order valence-electron chi connectivity index (χ4n) is 1.09. The first-order valence-electron chi connectivity index (χ1n) is 4.29. The number of aryl methyl sites for hydroxylation is 1. The fourth-order valence-corrected chi connectivity index (χ4v) is 1.09. The Morgan fingerprint density at radius 3 is 2.45 bits per heavy atom. The molecule has 0 atom stereocenters. The molecule has 0 unspecified atom stereocenters. The second-order valence-corrected chi connectivity index (χ2v) is 2.63. The minimum atomic E-state index is 0.774. The van der Waals surface area contributed by atoms with Gasteiger partial charge in [0, 0.05) is 5.56 Å².